The summed E-state index contributed by atoms with van der Waals surface area (Å²) < 4.78 is 13.1. The van der Waals surface area contributed by atoms with Gasteiger partial charge in [0.2, 0.25) is 17.7 Å². The second kappa shape index (κ2) is 17.0. The number of likely N-dealkylation sites (N-methyl/N-ethyl adjacent to an activating group) is 1. The molecule has 4 rings (SSSR count). The number of benzene rings is 1. The van der Waals surface area contributed by atoms with Crippen molar-refractivity contribution >= 4 is 39.6 Å². The summed E-state index contributed by atoms with van der Waals surface area (Å²) in [6.45, 7) is 17.5. The Bertz CT molecular complexity index is 1390. The molecule has 276 valence electrons. The highest BCUT2D eigenvalue weighted by atomic mass is 79.9. The summed E-state index contributed by atoms with van der Waals surface area (Å²) in [5.41, 5.74) is -0.599. The number of likely N-dealkylation sites (tertiary alicyclic amines) is 1. The number of nitrogens with zero attached hydrogens (tertiary/aromatic N) is 3. The molecule has 11 heteroatoms. The van der Waals surface area contributed by atoms with E-state index in [1.807, 2.05) is 58.0 Å². The molecule has 1 aromatic carbocycles. The molecule has 0 aliphatic carbocycles. The predicted molar refractivity (Wildman–Crippen MR) is 196 cm³/mol. The van der Waals surface area contributed by atoms with Gasteiger partial charge in [-0.3, -0.25) is 19.2 Å². The monoisotopic (exact) mass is 757 g/mol. The maximum atomic E-state index is 14.8. The molecular weight excluding hydrogens is 702 g/mol. The number of hydrogen-bond acceptors (Lipinski definition) is 7. The highest BCUT2D eigenvalue weighted by molar-refractivity contribution is 9.09. The number of fused-ring (bicyclic) bond motifs is 1. The van der Waals surface area contributed by atoms with Gasteiger partial charge >= 0.3 is 5.97 Å². The Kier molecular flexibility index (Phi) is 13.5. The Balaban J connectivity index is 1.77. The number of amides is 3. The van der Waals surface area contributed by atoms with E-state index in [0.717, 1.165) is 12.8 Å². The van der Waals surface area contributed by atoms with Crippen molar-refractivity contribution in [3.8, 4) is 0 Å². The van der Waals surface area contributed by atoms with Gasteiger partial charge in [-0.25, -0.2) is 0 Å². The van der Waals surface area contributed by atoms with Crippen molar-refractivity contribution in [2.75, 3.05) is 20.2 Å². The molecule has 1 aromatic rings. The molecule has 2 unspecified atom stereocenters. The normalized spacial score (nSPS) is 27.7. The lowest BCUT2D eigenvalue weighted by Gasteiger charge is -2.41. The van der Waals surface area contributed by atoms with Crippen molar-refractivity contribution in [1.29, 1.82) is 0 Å². The number of ether oxygens (including phenoxy) is 2. The summed E-state index contributed by atoms with van der Waals surface area (Å²) in [7, 11) is 1.69. The Morgan fingerprint density at radius 3 is 2.42 bits per heavy atom. The first-order valence-corrected chi connectivity index (χ1v) is 19.0. The summed E-state index contributed by atoms with van der Waals surface area (Å²) in [4.78, 5) is 61.8. The summed E-state index contributed by atoms with van der Waals surface area (Å²) in [6, 6.07) is 6.90. The second-order valence-corrected chi connectivity index (χ2v) is 15.8. The SMILES string of the molecule is C=CCCC(=O)N(C)[C@H](C)[C@H](OC(=O)[C@@H]1[C@H]2O[C@@]3(CC2Br)[C@H](C(=O)N(CC=C)C(C)CCC)N([C@@H](CO)CC(C)C)C(=O)[C@@H]13)c1ccccc1. The molecule has 2 bridgehead atoms. The third-order valence-electron chi connectivity index (χ3n) is 10.8. The standard InChI is InChI=1S/C39H56BrN3O7/c1-9-12-19-30(45)41(8)26(7)33(27-17-14-13-15-18-27)49-38(48)31-32-36(46)43(28(23-44)21-24(4)5)35(39(32)22-29(40)34(31)50-39)37(47)42(20-11-3)25(6)16-10-2/h9,11,13-15,17-18,24-26,28-29,31-35,44H,1,3,10,12,16,19-23H2,2,4-8H3/t25?,26-,28-,29?,31+,32-,33+,34+,35+,39-/m1/s1. The fourth-order valence-corrected chi connectivity index (χ4v) is 9.25. The molecular formula is C39H56BrN3O7. The Morgan fingerprint density at radius 2 is 1.84 bits per heavy atom. The van der Waals surface area contributed by atoms with E-state index in [4.69, 9.17) is 9.47 Å². The van der Waals surface area contributed by atoms with Crippen LogP contribution in [-0.4, -0.2) is 104 Å². The van der Waals surface area contributed by atoms with Crippen molar-refractivity contribution in [3.05, 3.63) is 61.2 Å². The van der Waals surface area contributed by atoms with Gasteiger partial charge in [-0.2, -0.15) is 0 Å². The van der Waals surface area contributed by atoms with E-state index >= 15 is 0 Å². The average molecular weight is 759 g/mol. The zero-order valence-electron chi connectivity index (χ0n) is 30.5. The molecule has 50 heavy (non-hydrogen) atoms. The predicted octanol–water partition coefficient (Wildman–Crippen LogP) is 5.44. The summed E-state index contributed by atoms with van der Waals surface area (Å²) in [5, 5.41) is 10.7. The molecule has 3 aliphatic rings. The third-order valence-corrected chi connectivity index (χ3v) is 11.6. The van der Waals surface area contributed by atoms with E-state index in [2.05, 4.69) is 36.0 Å². The van der Waals surface area contributed by atoms with Crippen molar-refractivity contribution < 1.29 is 33.8 Å². The lowest BCUT2D eigenvalue weighted by molar-refractivity contribution is -0.165. The molecule has 3 amide bonds. The second-order valence-electron chi connectivity index (χ2n) is 14.6. The molecule has 1 N–H and O–H groups in total. The number of aliphatic hydroxyl groups is 1. The van der Waals surface area contributed by atoms with Gasteiger partial charge in [-0.1, -0.05) is 85.6 Å². The van der Waals surface area contributed by atoms with Crippen LogP contribution in [0.3, 0.4) is 0 Å². The first-order chi connectivity index (χ1) is 23.8. The number of aliphatic hydroxyl groups excluding tert-OH is 1. The van der Waals surface area contributed by atoms with Crippen LogP contribution in [0, 0.1) is 17.8 Å². The number of halogens is 1. The fourth-order valence-electron chi connectivity index (χ4n) is 8.31. The molecule has 3 aliphatic heterocycles. The fraction of sp³-hybridized carbons (Fsp3) is 0.641. The molecule has 10 atom stereocenters. The van der Waals surface area contributed by atoms with E-state index in [9.17, 15) is 24.3 Å². The first-order valence-electron chi connectivity index (χ1n) is 18.1. The smallest absolute Gasteiger partial charge is 0.313 e. The number of allylic oxidation sites excluding steroid dienone is 1. The zero-order valence-corrected chi connectivity index (χ0v) is 32.1. The van der Waals surface area contributed by atoms with E-state index in [-0.39, 0.29) is 54.1 Å². The van der Waals surface area contributed by atoms with Crippen LogP contribution in [0.5, 0.6) is 0 Å². The molecule has 0 aromatic heterocycles. The molecule has 10 nitrogen and oxygen atoms in total. The van der Waals surface area contributed by atoms with E-state index in [1.54, 1.807) is 29.0 Å². The maximum Gasteiger partial charge on any atom is 0.313 e. The van der Waals surface area contributed by atoms with E-state index in [1.165, 1.54) is 4.90 Å². The molecule has 0 saturated carbocycles. The summed E-state index contributed by atoms with van der Waals surface area (Å²) in [6.07, 6.45) is 5.05. The van der Waals surface area contributed by atoms with Crippen LogP contribution in [-0.2, 0) is 28.7 Å². The minimum atomic E-state index is -1.31. The van der Waals surface area contributed by atoms with Crippen molar-refractivity contribution in [2.45, 2.75) is 120 Å². The van der Waals surface area contributed by atoms with Gasteiger partial charge < -0.3 is 29.3 Å². The minimum Gasteiger partial charge on any atom is -0.455 e. The lowest BCUT2D eigenvalue weighted by atomic mass is 9.70. The number of esters is 1. The van der Waals surface area contributed by atoms with Crippen LogP contribution in [0.1, 0.15) is 84.8 Å². The van der Waals surface area contributed by atoms with E-state index < -0.39 is 53.7 Å². The summed E-state index contributed by atoms with van der Waals surface area (Å²) in [5.74, 6) is -3.26. The van der Waals surface area contributed by atoms with Crippen molar-refractivity contribution in [1.82, 2.24) is 14.7 Å². The Labute approximate surface area is 306 Å². The van der Waals surface area contributed by atoms with Crippen LogP contribution in [0.15, 0.2) is 55.6 Å². The first kappa shape index (κ1) is 39.8. The quantitative estimate of drug-likeness (QED) is 0.120. The van der Waals surface area contributed by atoms with Gasteiger partial charge in [0.15, 0.2) is 0 Å². The third kappa shape index (κ3) is 7.60. The van der Waals surface area contributed by atoms with Gasteiger partial charge in [-0.05, 0) is 51.0 Å². The van der Waals surface area contributed by atoms with Crippen LogP contribution >= 0.6 is 15.9 Å². The number of rotatable bonds is 18. The lowest BCUT2D eigenvalue weighted by Crippen LogP contribution is -2.60. The number of carbonyl (C=O) groups is 4. The van der Waals surface area contributed by atoms with Crippen LogP contribution in [0.4, 0.5) is 0 Å². The van der Waals surface area contributed by atoms with Gasteiger partial charge in [0.25, 0.3) is 0 Å². The number of alkyl halides is 1. The molecule has 3 saturated heterocycles. The van der Waals surface area contributed by atoms with Crippen molar-refractivity contribution in [3.63, 3.8) is 0 Å². The summed E-state index contributed by atoms with van der Waals surface area (Å²) >= 11 is 3.76. The number of carbonyl (C=O) groups excluding carboxylic acids is 4. The van der Waals surface area contributed by atoms with Crippen LogP contribution in [0.2, 0.25) is 0 Å². The van der Waals surface area contributed by atoms with Crippen molar-refractivity contribution in [2.24, 2.45) is 17.8 Å². The Morgan fingerprint density at radius 1 is 1.16 bits per heavy atom. The van der Waals surface area contributed by atoms with Gasteiger partial charge in [-0.15, -0.1) is 13.2 Å². The topological polar surface area (TPSA) is 117 Å². The van der Waals surface area contributed by atoms with E-state index in [0.29, 0.717) is 24.8 Å². The number of hydrogen-bond donors (Lipinski definition) is 1. The largest absolute Gasteiger partial charge is 0.455 e. The van der Waals surface area contributed by atoms with Gasteiger partial charge in [0.05, 0.1) is 36.6 Å². The molecule has 3 heterocycles. The molecule has 3 fully saturated rings. The van der Waals surface area contributed by atoms with Gasteiger partial charge in [0, 0.05) is 30.9 Å². The molecule has 1 spiro atoms. The van der Waals surface area contributed by atoms with Crippen LogP contribution in [0.25, 0.3) is 0 Å². The average Bonchev–Trinajstić information content (AvgIpc) is 3.69. The van der Waals surface area contributed by atoms with Crippen LogP contribution < -0.4 is 0 Å². The highest BCUT2D eigenvalue weighted by Gasteiger charge is 2.77. The van der Waals surface area contributed by atoms with Gasteiger partial charge in [0.1, 0.15) is 17.7 Å². The highest BCUT2D eigenvalue weighted by Crippen LogP contribution is 2.61. The molecule has 0 radical (unpaired) electrons. The Hall–Kier alpha value is -3.02. The minimum absolute atomic E-state index is 0.110. The zero-order chi connectivity index (χ0) is 36.9. The maximum absolute atomic E-state index is 14.8.